The predicted molar refractivity (Wildman–Crippen MR) is 28.7 cm³/mol. The Hall–Kier alpha value is -1.10. The molecular weight excluding hydrogens is 124 g/mol. The Morgan fingerprint density at radius 2 is 2.44 bits per heavy atom. The van der Waals surface area contributed by atoms with Gasteiger partial charge in [0.05, 0.1) is 0 Å². The molecule has 2 N–H and O–H groups in total. The first-order chi connectivity index (χ1) is 4.31. The summed E-state index contributed by atoms with van der Waals surface area (Å²) in [6.07, 6.45) is 0.635. The van der Waals surface area contributed by atoms with E-state index in [1.807, 2.05) is 5.48 Å². The van der Waals surface area contributed by atoms with Gasteiger partial charge in [-0.1, -0.05) is 6.92 Å². The minimum atomic E-state index is -0.288. The van der Waals surface area contributed by atoms with Crippen LogP contribution in [0.1, 0.15) is 13.3 Å². The summed E-state index contributed by atoms with van der Waals surface area (Å²) in [4.78, 5) is 23.9. The van der Waals surface area contributed by atoms with Crippen LogP contribution in [-0.4, -0.2) is 12.3 Å². The average molecular weight is 132 g/mol. The second kappa shape index (κ2) is 5.04. The van der Waals surface area contributed by atoms with Crippen molar-refractivity contribution in [3.05, 3.63) is 0 Å². The fraction of sp³-hybridized carbons (Fsp3) is 0.500. The molecule has 2 amide bonds. The second-order valence-electron chi connectivity index (χ2n) is 1.22. The summed E-state index contributed by atoms with van der Waals surface area (Å²) in [7, 11) is 0. The first kappa shape index (κ1) is 7.90. The van der Waals surface area contributed by atoms with Gasteiger partial charge < -0.3 is 0 Å². The Bertz CT molecular complexity index is 104. The fourth-order valence-corrected chi connectivity index (χ4v) is 0.183. The van der Waals surface area contributed by atoms with Crippen molar-refractivity contribution in [2.45, 2.75) is 13.3 Å². The third-order valence-corrected chi connectivity index (χ3v) is 0.593. The van der Waals surface area contributed by atoms with Gasteiger partial charge in [-0.15, -0.1) is 0 Å². The summed E-state index contributed by atoms with van der Waals surface area (Å²) in [6.45, 7) is 1.67. The van der Waals surface area contributed by atoms with E-state index in [1.165, 1.54) is 0 Å². The van der Waals surface area contributed by atoms with Crippen molar-refractivity contribution >= 4 is 12.3 Å². The average Bonchev–Trinajstić information content (AvgIpc) is 1.89. The number of hydrogen-bond donors (Lipinski definition) is 2. The summed E-state index contributed by atoms with van der Waals surface area (Å²) in [5, 5.41) is 0. The van der Waals surface area contributed by atoms with Crippen molar-refractivity contribution < 1.29 is 14.5 Å². The maximum atomic E-state index is 10.3. The zero-order valence-electron chi connectivity index (χ0n) is 5.01. The molecule has 0 bridgehead atoms. The molecule has 52 valence electrons. The van der Waals surface area contributed by atoms with Crippen LogP contribution < -0.4 is 11.0 Å². The van der Waals surface area contributed by atoms with Gasteiger partial charge in [0.15, 0.2) is 0 Å². The van der Waals surface area contributed by atoms with Crippen molar-refractivity contribution in [1.29, 1.82) is 0 Å². The van der Waals surface area contributed by atoms with Crippen LogP contribution in [0.4, 0.5) is 0 Å². The molecule has 0 spiro atoms. The summed E-state index contributed by atoms with van der Waals surface area (Å²) in [6, 6.07) is 0. The smallest absolute Gasteiger partial charge is 0.245 e. The first-order valence-electron chi connectivity index (χ1n) is 2.45. The SMILES string of the molecule is CCC(=O)NONC=O. The molecule has 5 heteroatoms. The molecular formula is C4H8N2O3. The van der Waals surface area contributed by atoms with E-state index in [0.29, 0.717) is 12.8 Å². The normalized spacial score (nSPS) is 8.11. The highest BCUT2D eigenvalue weighted by atomic mass is 16.8. The van der Waals surface area contributed by atoms with Crippen LogP contribution in [0.25, 0.3) is 0 Å². The zero-order valence-corrected chi connectivity index (χ0v) is 5.01. The van der Waals surface area contributed by atoms with Crippen molar-refractivity contribution in [2.24, 2.45) is 0 Å². The van der Waals surface area contributed by atoms with Crippen LogP contribution in [0.3, 0.4) is 0 Å². The third kappa shape index (κ3) is 4.76. The standard InChI is InChI=1S/C4H8N2O3/c1-2-4(8)6-9-5-3-7/h3H,2H2,1H3,(H,5,7)(H,6,8). The summed E-state index contributed by atoms with van der Waals surface area (Å²) >= 11 is 0. The Morgan fingerprint density at radius 1 is 1.78 bits per heavy atom. The number of nitrogens with one attached hydrogen (secondary N) is 2. The molecule has 0 aliphatic rings. The summed E-state index contributed by atoms with van der Waals surface area (Å²) in [5.41, 5.74) is 3.75. The molecule has 0 aliphatic heterocycles. The predicted octanol–water partition coefficient (Wildman–Crippen LogP) is -0.895. The van der Waals surface area contributed by atoms with Gasteiger partial charge in [0.2, 0.25) is 12.3 Å². The topological polar surface area (TPSA) is 67.4 Å². The van der Waals surface area contributed by atoms with Gasteiger partial charge >= 0.3 is 0 Å². The lowest BCUT2D eigenvalue weighted by atomic mass is 10.5. The third-order valence-electron chi connectivity index (χ3n) is 0.593. The van der Waals surface area contributed by atoms with Crippen LogP contribution in [0.2, 0.25) is 0 Å². The number of hydrogen-bond acceptors (Lipinski definition) is 3. The monoisotopic (exact) mass is 132 g/mol. The number of hydroxylamine groups is 2. The van der Waals surface area contributed by atoms with Crippen molar-refractivity contribution in [3.63, 3.8) is 0 Å². The van der Waals surface area contributed by atoms with Crippen LogP contribution in [-0.2, 0) is 14.5 Å². The summed E-state index contributed by atoms with van der Waals surface area (Å²) < 4.78 is 0. The van der Waals surface area contributed by atoms with E-state index >= 15 is 0 Å². The van der Waals surface area contributed by atoms with Gasteiger partial charge in [-0.25, -0.2) is 11.0 Å². The van der Waals surface area contributed by atoms with Crippen LogP contribution in [0.5, 0.6) is 0 Å². The van der Waals surface area contributed by atoms with E-state index in [1.54, 1.807) is 12.4 Å². The van der Waals surface area contributed by atoms with E-state index < -0.39 is 0 Å². The molecule has 5 nitrogen and oxygen atoms in total. The van der Waals surface area contributed by atoms with E-state index in [0.717, 1.165) is 0 Å². The Labute approximate surface area is 52.3 Å². The minimum absolute atomic E-state index is 0.288. The molecule has 0 aromatic rings. The number of carbonyl (C=O) groups is 2. The molecule has 0 saturated heterocycles. The second-order valence-corrected chi connectivity index (χ2v) is 1.22. The van der Waals surface area contributed by atoms with Crippen LogP contribution in [0.15, 0.2) is 0 Å². The van der Waals surface area contributed by atoms with Gasteiger partial charge in [0.1, 0.15) is 0 Å². The maximum Gasteiger partial charge on any atom is 0.245 e. The molecule has 0 heterocycles. The lowest BCUT2D eigenvalue weighted by Crippen LogP contribution is -2.29. The molecule has 0 rings (SSSR count). The Balaban J connectivity index is 3.06. The zero-order chi connectivity index (χ0) is 7.11. The fourth-order valence-electron chi connectivity index (χ4n) is 0.183. The van der Waals surface area contributed by atoms with Crippen molar-refractivity contribution in [2.75, 3.05) is 0 Å². The van der Waals surface area contributed by atoms with E-state index in [-0.39, 0.29) is 5.91 Å². The van der Waals surface area contributed by atoms with Gasteiger partial charge in [0, 0.05) is 6.42 Å². The quantitative estimate of drug-likeness (QED) is 0.296. The van der Waals surface area contributed by atoms with Crippen LogP contribution in [0, 0.1) is 0 Å². The largest absolute Gasteiger partial charge is 0.277 e. The molecule has 0 aliphatic carbocycles. The lowest BCUT2D eigenvalue weighted by molar-refractivity contribution is -0.144. The number of carbonyl (C=O) groups excluding carboxylic acids is 2. The highest BCUT2D eigenvalue weighted by molar-refractivity contribution is 5.74. The summed E-state index contributed by atoms with van der Waals surface area (Å²) in [5.74, 6) is -0.288. The van der Waals surface area contributed by atoms with Gasteiger partial charge in [-0.2, -0.15) is 4.94 Å². The molecule has 0 aromatic carbocycles. The van der Waals surface area contributed by atoms with Gasteiger partial charge in [-0.3, -0.25) is 9.59 Å². The molecule has 0 saturated carbocycles. The Morgan fingerprint density at radius 3 is 2.89 bits per heavy atom. The van der Waals surface area contributed by atoms with E-state index in [9.17, 15) is 9.59 Å². The molecule has 0 fully saturated rings. The van der Waals surface area contributed by atoms with Gasteiger partial charge in [-0.05, 0) is 0 Å². The van der Waals surface area contributed by atoms with E-state index in [4.69, 9.17) is 0 Å². The molecule has 9 heavy (non-hydrogen) atoms. The maximum absolute atomic E-state index is 10.3. The number of amides is 2. The number of rotatable bonds is 4. The van der Waals surface area contributed by atoms with Crippen molar-refractivity contribution in [1.82, 2.24) is 11.0 Å². The lowest BCUT2D eigenvalue weighted by Gasteiger charge is -1.98. The molecule has 0 aromatic heterocycles. The highest BCUT2D eigenvalue weighted by Crippen LogP contribution is 1.71. The molecule has 0 radical (unpaired) electrons. The van der Waals surface area contributed by atoms with Crippen LogP contribution >= 0.6 is 0 Å². The van der Waals surface area contributed by atoms with Crippen molar-refractivity contribution in [3.8, 4) is 0 Å². The highest BCUT2D eigenvalue weighted by Gasteiger charge is 1.92. The first-order valence-corrected chi connectivity index (χ1v) is 2.45. The Kier molecular flexibility index (Phi) is 4.43. The molecule has 0 atom stereocenters. The minimum Gasteiger partial charge on any atom is -0.277 e. The molecule has 0 unspecified atom stereocenters. The van der Waals surface area contributed by atoms with Gasteiger partial charge in [0.25, 0.3) is 0 Å². The van der Waals surface area contributed by atoms with E-state index in [2.05, 4.69) is 4.94 Å².